The number of carbonyl (C=O) groups excluding carboxylic acids is 1. The maximum Gasteiger partial charge on any atom is 0.256 e. The van der Waals surface area contributed by atoms with Gasteiger partial charge in [-0.1, -0.05) is 12.1 Å². The predicted molar refractivity (Wildman–Crippen MR) is 86.9 cm³/mol. The number of benzene rings is 2. The van der Waals surface area contributed by atoms with Gasteiger partial charge in [-0.2, -0.15) is 0 Å². The Morgan fingerprint density at radius 3 is 2.70 bits per heavy atom. The molecule has 0 radical (unpaired) electrons. The molecule has 20 heavy (non-hydrogen) atoms. The van der Waals surface area contributed by atoms with Crippen LogP contribution in [0.1, 0.15) is 10.4 Å². The summed E-state index contributed by atoms with van der Waals surface area (Å²) in [6, 6.07) is 13.0. The fourth-order valence-electron chi connectivity index (χ4n) is 1.75. The summed E-state index contributed by atoms with van der Waals surface area (Å²) < 4.78 is 5.98. The number of anilines is 1. The molecule has 0 spiro atoms. The van der Waals surface area contributed by atoms with Crippen molar-refractivity contribution >= 4 is 39.3 Å². The number of hydrogen-bond donors (Lipinski definition) is 1. The highest BCUT2D eigenvalue weighted by molar-refractivity contribution is 9.10. The van der Waals surface area contributed by atoms with Gasteiger partial charge in [-0.25, -0.2) is 0 Å². The van der Waals surface area contributed by atoms with Crippen molar-refractivity contribution in [1.29, 1.82) is 0 Å². The number of amides is 1. The molecule has 0 bridgehead atoms. The van der Waals surface area contributed by atoms with E-state index in [0.717, 1.165) is 9.37 Å². The van der Waals surface area contributed by atoms with E-state index in [1.807, 2.05) is 42.7 Å². The van der Waals surface area contributed by atoms with Gasteiger partial charge in [0, 0.05) is 15.4 Å². The molecule has 0 aromatic heterocycles. The molecular formula is C15H14BrNO2S. The molecule has 2 aromatic carbocycles. The van der Waals surface area contributed by atoms with E-state index in [4.69, 9.17) is 4.74 Å². The zero-order valence-electron chi connectivity index (χ0n) is 11.1. The third-order valence-electron chi connectivity index (χ3n) is 2.77. The molecule has 104 valence electrons. The highest BCUT2D eigenvalue weighted by atomic mass is 79.9. The minimum absolute atomic E-state index is 0.135. The molecule has 0 saturated heterocycles. The molecule has 0 aliphatic heterocycles. The average Bonchev–Trinajstić information content (AvgIpc) is 2.49. The van der Waals surface area contributed by atoms with Gasteiger partial charge in [-0.3, -0.25) is 4.79 Å². The van der Waals surface area contributed by atoms with E-state index in [1.165, 1.54) is 0 Å². The Morgan fingerprint density at radius 1 is 1.25 bits per heavy atom. The lowest BCUT2D eigenvalue weighted by molar-refractivity contribution is 0.102. The van der Waals surface area contributed by atoms with Crippen LogP contribution in [0.5, 0.6) is 5.75 Å². The summed E-state index contributed by atoms with van der Waals surface area (Å²) in [4.78, 5) is 13.3. The summed E-state index contributed by atoms with van der Waals surface area (Å²) in [6.45, 7) is 0. The molecule has 0 saturated carbocycles. The molecule has 1 amide bonds. The number of rotatable bonds is 4. The van der Waals surface area contributed by atoms with Gasteiger partial charge < -0.3 is 10.1 Å². The first kappa shape index (κ1) is 14.9. The average molecular weight is 352 g/mol. The number of halogens is 1. The summed E-state index contributed by atoms with van der Waals surface area (Å²) in [5.74, 6) is 0.561. The lowest BCUT2D eigenvalue weighted by atomic mass is 10.2. The largest absolute Gasteiger partial charge is 0.497 e. The van der Waals surface area contributed by atoms with Gasteiger partial charge in [0.25, 0.3) is 5.91 Å². The second kappa shape index (κ2) is 6.81. The minimum atomic E-state index is -0.135. The number of hydrogen-bond acceptors (Lipinski definition) is 3. The first-order valence-corrected chi connectivity index (χ1v) is 7.95. The third-order valence-corrected chi connectivity index (χ3v) is 4.26. The summed E-state index contributed by atoms with van der Waals surface area (Å²) >= 11 is 4.97. The van der Waals surface area contributed by atoms with Gasteiger partial charge in [-0.05, 0) is 46.5 Å². The van der Waals surface area contributed by atoms with E-state index in [2.05, 4.69) is 21.2 Å². The second-order valence-corrected chi connectivity index (χ2v) is 5.70. The summed E-state index contributed by atoms with van der Waals surface area (Å²) in [5.41, 5.74) is 1.35. The van der Waals surface area contributed by atoms with Gasteiger partial charge in [0.2, 0.25) is 0 Å². The van der Waals surface area contributed by atoms with Crippen LogP contribution in [0.15, 0.2) is 51.8 Å². The van der Waals surface area contributed by atoms with Crippen LogP contribution < -0.4 is 10.1 Å². The standard InChI is InChI=1S/C15H14BrNO2S/c1-19-10-7-8-12(16)13(9-10)17-15(18)11-5-3-4-6-14(11)20-2/h3-9H,1-2H3,(H,17,18). The van der Waals surface area contributed by atoms with Crippen LogP contribution in [0, 0.1) is 0 Å². The number of thioether (sulfide) groups is 1. The Morgan fingerprint density at radius 2 is 2.00 bits per heavy atom. The molecule has 5 heteroatoms. The van der Waals surface area contributed by atoms with Crippen molar-refractivity contribution in [3.63, 3.8) is 0 Å². The Kier molecular flexibility index (Phi) is 5.09. The molecule has 1 N–H and O–H groups in total. The van der Waals surface area contributed by atoms with E-state index in [9.17, 15) is 4.79 Å². The Labute approximate surface area is 130 Å². The first-order chi connectivity index (χ1) is 9.65. The fraction of sp³-hybridized carbons (Fsp3) is 0.133. The molecule has 0 fully saturated rings. The van der Waals surface area contributed by atoms with Crippen LogP contribution >= 0.6 is 27.7 Å². The maximum atomic E-state index is 12.4. The number of methoxy groups -OCH3 is 1. The van der Waals surface area contributed by atoms with Crippen molar-refractivity contribution in [3.8, 4) is 5.75 Å². The highest BCUT2D eigenvalue weighted by Gasteiger charge is 2.12. The van der Waals surface area contributed by atoms with Gasteiger partial charge in [0.1, 0.15) is 5.75 Å². The Balaban J connectivity index is 2.27. The number of nitrogens with one attached hydrogen (secondary N) is 1. The van der Waals surface area contributed by atoms with Crippen LogP contribution in [0.3, 0.4) is 0 Å². The summed E-state index contributed by atoms with van der Waals surface area (Å²) in [6.07, 6.45) is 1.95. The van der Waals surface area contributed by atoms with Crippen molar-refractivity contribution in [3.05, 3.63) is 52.5 Å². The quantitative estimate of drug-likeness (QED) is 0.828. The maximum absolute atomic E-state index is 12.4. The second-order valence-electron chi connectivity index (χ2n) is 4.00. The SMILES string of the molecule is COc1ccc(Br)c(NC(=O)c2ccccc2SC)c1. The van der Waals surface area contributed by atoms with Gasteiger partial charge in [0.05, 0.1) is 18.4 Å². The summed E-state index contributed by atoms with van der Waals surface area (Å²) in [5, 5.41) is 2.90. The molecule has 0 aliphatic rings. The molecule has 0 atom stereocenters. The van der Waals surface area contributed by atoms with Crippen molar-refractivity contribution in [2.24, 2.45) is 0 Å². The highest BCUT2D eigenvalue weighted by Crippen LogP contribution is 2.28. The van der Waals surface area contributed by atoms with E-state index >= 15 is 0 Å². The molecule has 2 aromatic rings. The number of ether oxygens (including phenoxy) is 1. The monoisotopic (exact) mass is 351 g/mol. The van der Waals surface area contributed by atoms with Gasteiger partial charge in [0.15, 0.2) is 0 Å². The van der Waals surface area contributed by atoms with Gasteiger partial charge >= 0.3 is 0 Å². The molecular weight excluding hydrogens is 338 g/mol. The number of carbonyl (C=O) groups is 1. The predicted octanol–water partition coefficient (Wildman–Crippen LogP) is 4.43. The van der Waals surface area contributed by atoms with Crippen LogP contribution in [-0.2, 0) is 0 Å². The first-order valence-electron chi connectivity index (χ1n) is 5.93. The third kappa shape index (κ3) is 3.35. The Bertz CT molecular complexity index is 631. The van der Waals surface area contributed by atoms with Crippen molar-refractivity contribution in [2.45, 2.75) is 4.90 Å². The van der Waals surface area contributed by atoms with Crippen molar-refractivity contribution in [1.82, 2.24) is 0 Å². The lowest BCUT2D eigenvalue weighted by Crippen LogP contribution is -2.13. The van der Waals surface area contributed by atoms with E-state index in [1.54, 1.807) is 24.9 Å². The minimum Gasteiger partial charge on any atom is -0.497 e. The summed E-state index contributed by atoms with van der Waals surface area (Å²) in [7, 11) is 1.60. The van der Waals surface area contributed by atoms with Crippen molar-refractivity contribution < 1.29 is 9.53 Å². The fourth-order valence-corrected chi connectivity index (χ4v) is 2.69. The zero-order valence-corrected chi connectivity index (χ0v) is 13.5. The van der Waals surface area contributed by atoms with Crippen LogP contribution in [0.25, 0.3) is 0 Å². The lowest BCUT2D eigenvalue weighted by Gasteiger charge is -2.11. The van der Waals surface area contributed by atoms with E-state index in [0.29, 0.717) is 17.0 Å². The molecule has 0 aliphatic carbocycles. The molecule has 3 nitrogen and oxygen atoms in total. The van der Waals surface area contributed by atoms with Crippen molar-refractivity contribution in [2.75, 3.05) is 18.7 Å². The van der Waals surface area contributed by atoms with Crippen LogP contribution in [-0.4, -0.2) is 19.3 Å². The Hall–Kier alpha value is -1.46. The normalized spacial score (nSPS) is 10.2. The van der Waals surface area contributed by atoms with Crippen LogP contribution in [0.2, 0.25) is 0 Å². The van der Waals surface area contributed by atoms with E-state index in [-0.39, 0.29) is 5.91 Å². The smallest absolute Gasteiger partial charge is 0.256 e. The zero-order chi connectivity index (χ0) is 14.5. The molecule has 0 unspecified atom stereocenters. The topological polar surface area (TPSA) is 38.3 Å². The van der Waals surface area contributed by atoms with Crippen LogP contribution in [0.4, 0.5) is 5.69 Å². The molecule has 0 heterocycles. The van der Waals surface area contributed by atoms with Gasteiger partial charge in [-0.15, -0.1) is 11.8 Å². The molecule has 2 rings (SSSR count). The van der Waals surface area contributed by atoms with E-state index < -0.39 is 0 Å².